The van der Waals surface area contributed by atoms with Crippen molar-refractivity contribution in [2.24, 2.45) is 5.73 Å². The molecule has 1 saturated heterocycles. The van der Waals surface area contributed by atoms with Crippen molar-refractivity contribution in [1.29, 1.82) is 0 Å². The molecule has 86 valence electrons. The van der Waals surface area contributed by atoms with Gasteiger partial charge in [0.2, 0.25) is 0 Å². The van der Waals surface area contributed by atoms with Gasteiger partial charge in [-0.2, -0.15) is 0 Å². The van der Waals surface area contributed by atoms with E-state index in [1.807, 2.05) is 24.3 Å². The Morgan fingerprint density at radius 1 is 1.50 bits per heavy atom. The molecule has 2 N–H and O–H groups in total. The van der Waals surface area contributed by atoms with Gasteiger partial charge in [0.1, 0.15) is 17.3 Å². The standard InChI is InChI=1S/C12H15NO2S/c13-12(16)10-5-1-2-6-11(10)15-8-9-4-3-7-14-9/h1-2,5-6,9H,3-4,7-8H2,(H2,13,16). The molecule has 0 spiro atoms. The van der Waals surface area contributed by atoms with E-state index in [0.717, 1.165) is 30.8 Å². The fourth-order valence-corrected chi connectivity index (χ4v) is 1.92. The number of thiocarbonyl (C=S) groups is 1. The first-order chi connectivity index (χ1) is 7.77. The summed E-state index contributed by atoms with van der Waals surface area (Å²) in [5.41, 5.74) is 6.41. The van der Waals surface area contributed by atoms with Crippen LogP contribution in [0.5, 0.6) is 5.75 Å². The van der Waals surface area contributed by atoms with Crippen LogP contribution in [0.3, 0.4) is 0 Å². The minimum atomic E-state index is 0.208. The highest BCUT2D eigenvalue weighted by Crippen LogP contribution is 2.20. The molecule has 1 unspecified atom stereocenters. The average molecular weight is 237 g/mol. The summed E-state index contributed by atoms with van der Waals surface area (Å²) in [5.74, 6) is 0.741. The van der Waals surface area contributed by atoms with Gasteiger partial charge in [0.15, 0.2) is 0 Å². The highest BCUT2D eigenvalue weighted by Gasteiger charge is 2.16. The number of para-hydroxylation sites is 1. The third-order valence-corrected chi connectivity index (χ3v) is 2.82. The zero-order valence-electron chi connectivity index (χ0n) is 9.02. The summed E-state index contributed by atoms with van der Waals surface area (Å²) in [6.45, 7) is 1.41. The summed E-state index contributed by atoms with van der Waals surface area (Å²) < 4.78 is 11.2. The number of hydrogen-bond donors (Lipinski definition) is 1. The Morgan fingerprint density at radius 2 is 2.31 bits per heavy atom. The van der Waals surface area contributed by atoms with E-state index in [0.29, 0.717) is 11.6 Å². The average Bonchev–Trinajstić information content (AvgIpc) is 2.79. The lowest BCUT2D eigenvalue weighted by atomic mass is 10.2. The van der Waals surface area contributed by atoms with Crippen LogP contribution in [0, 0.1) is 0 Å². The molecule has 1 aromatic rings. The second kappa shape index (κ2) is 5.27. The zero-order chi connectivity index (χ0) is 11.4. The Bertz CT molecular complexity index is 375. The predicted molar refractivity (Wildman–Crippen MR) is 66.8 cm³/mol. The van der Waals surface area contributed by atoms with Crippen LogP contribution in [0.4, 0.5) is 0 Å². The second-order valence-electron chi connectivity index (χ2n) is 3.81. The van der Waals surface area contributed by atoms with Gasteiger partial charge in [-0.05, 0) is 25.0 Å². The lowest BCUT2D eigenvalue weighted by Crippen LogP contribution is -2.18. The molecule has 1 aliphatic rings. The minimum absolute atomic E-state index is 0.208. The van der Waals surface area contributed by atoms with Crippen LogP contribution >= 0.6 is 12.2 Å². The van der Waals surface area contributed by atoms with Crippen molar-refractivity contribution in [2.45, 2.75) is 18.9 Å². The first-order valence-corrected chi connectivity index (χ1v) is 5.81. The van der Waals surface area contributed by atoms with Gasteiger partial charge in [-0.25, -0.2) is 0 Å². The fourth-order valence-electron chi connectivity index (χ4n) is 1.75. The molecule has 2 rings (SSSR count). The SMILES string of the molecule is NC(=S)c1ccccc1OCC1CCCO1. The summed E-state index contributed by atoms with van der Waals surface area (Å²) in [4.78, 5) is 0.364. The molecule has 1 aromatic carbocycles. The Morgan fingerprint density at radius 3 is 3.00 bits per heavy atom. The minimum Gasteiger partial charge on any atom is -0.490 e. The monoisotopic (exact) mass is 237 g/mol. The largest absolute Gasteiger partial charge is 0.490 e. The Kier molecular flexibility index (Phi) is 3.74. The number of rotatable bonds is 4. The van der Waals surface area contributed by atoms with E-state index in [1.54, 1.807) is 0 Å². The second-order valence-corrected chi connectivity index (χ2v) is 4.25. The smallest absolute Gasteiger partial charge is 0.129 e. The summed E-state index contributed by atoms with van der Waals surface area (Å²) in [6, 6.07) is 7.55. The van der Waals surface area contributed by atoms with Gasteiger partial charge in [0.05, 0.1) is 11.7 Å². The molecule has 1 heterocycles. The highest BCUT2D eigenvalue weighted by molar-refractivity contribution is 7.80. The summed E-state index contributed by atoms with van der Waals surface area (Å²) >= 11 is 4.97. The van der Waals surface area contributed by atoms with Gasteiger partial charge in [-0.3, -0.25) is 0 Å². The van der Waals surface area contributed by atoms with Crippen LogP contribution in [-0.4, -0.2) is 24.3 Å². The molecule has 0 aliphatic carbocycles. The number of benzene rings is 1. The molecule has 1 fully saturated rings. The van der Waals surface area contributed by atoms with Crippen LogP contribution in [0.1, 0.15) is 18.4 Å². The molecule has 0 amide bonds. The van der Waals surface area contributed by atoms with Crippen LogP contribution in [0.25, 0.3) is 0 Å². The van der Waals surface area contributed by atoms with Crippen molar-refractivity contribution in [1.82, 2.24) is 0 Å². The Balaban J connectivity index is 2.00. The van der Waals surface area contributed by atoms with Crippen LogP contribution < -0.4 is 10.5 Å². The van der Waals surface area contributed by atoms with Crippen molar-refractivity contribution in [3.05, 3.63) is 29.8 Å². The van der Waals surface area contributed by atoms with Gasteiger partial charge in [-0.1, -0.05) is 24.4 Å². The van der Waals surface area contributed by atoms with Crippen LogP contribution in [0.15, 0.2) is 24.3 Å². The first kappa shape index (κ1) is 11.4. The van der Waals surface area contributed by atoms with Crippen molar-refractivity contribution in [3.8, 4) is 5.75 Å². The number of hydrogen-bond acceptors (Lipinski definition) is 3. The molecule has 0 radical (unpaired) electrons. The molecule has 1 atom stereocenters. The molecule has 1 aliphatic heterocycles. The maximum Gasteiger partial charge on any atom is 0.129 e. The topological polar surface area (TPSA) is 44.5 Å². The van der Waals surface area contributed by atoms with E-state index in [9.17, 15) is 0 Å². The summed E-state index contributed by atoms with van der Waals surface area (Å²) in [7, 11) is 0. The molecule has 0 bridgehead atoms. The quantitative estimate of drug-likeness (QED) is 0.812. The molecule has 4 heteroatoms. The predicted octanol–water partition coefficient (Wildman–Crippen LogP) is 1.88. The van der Waals surface area contributed by atoms with Gasteiger partial charge in [-0.15, -0.1) is 0 Å². The lowest BCUT2D eigenvalue weighted by Gasteiger charge is -2.13. The van der Waals surface area contributed by atoms with E-state index >= 15 is 0 Å². The molecule has 0 saturated carbocycles. The van der Waals surface area contributed by atoms with E-state index in [-0.39, 0.29) is 6.10 Å². The maximum absolute atomic E-state index is 5.69. The van der Waals surface area contributed by atoms with Gasteiger partial charge >= 0.3 is 0 Å². The van der Waals surface area contributed by atoms with Gasteiger partial charge in [0, 0.05) is 6.61 Å². The number of ether oxygens (including phenoxy) is 2. The molecular formula is C12H15NO2S. The highest BCUT2D eigenvalue weighted by atomic mass is 32.1. The molecule has 0 aromatic heterocycles. The number of nitrogens with two attached hydrogens (primary N) is 1. The Hall–Kier alpha value is -1.13. The van der Waals surface area contributed by atoms with Crippen LogP contribution in [0.2, 0.25) is 0 Å². The maximum atomic E-state index is 5.69. The third kappa shape index (κ3) is 2.71. The van der Waals surface area contributed by atoms with E-state index in [4.69, 9.17) is 27.4 Å². The first-order valence-electron chi connectivity index (χ1n) is 5.40. The van der Waals surface area contributed by atoms with Gasteiger partial charge < -0.3 is 15.2 Å². The van der Waals surface area contributed by atoms with Crippen molar-refractivity contribution >= 4 is 17.2 Å². The summed E-state index contributed by atoms with van der Waals surface area (Å²) in [6.07, 6.45) is 2.39. The zero-order valence-corrected chi connectivity index (χ0v) is 9.83. The third-order valence-electron chi connectivity index (χ3n) is 2.60. The van der Waals surface area contributed by atoms with Crippen LogP contribution in [-0.2, 0) is 4.74 Å². The van der Waals surface area contributed by atoms with E-state index < -0.39 is 0 Å². The van der Waals surface area contributed by atoms with E-state index in [2.05, 4.69) is 0 Å². The van der Waals surface area contributed by atoms with Crippen molar-refractivity contribution in [2.75, 3.05) is 13.2 Å². The molecular weight excluding hydrogens is 222 g/mol. The van der Waals surface area contributed by atoms with Gasteiger partial charge in [0.25, 0.3) is 0 Å². The normalized spacial score (nSPS) is 19.6. The Labute approximate surface area is 101 Å². The molecule has 16 heavy (non-hydrogen) atoms. The molecule has 3 nitrogen and oxygen atoms in total. The van der Waals surface area contributed by atoms with Crippen molar-refractivity contribution in [3.63, 3.8) is 0 Å². The van der Waals surface area contributed by atoms with Crippen molar-refractivity contribution < 1.29 is 9.47 Å². The summed E-state index contributed by atoms with van der Waals surface area (Å²) in [5, 5.41) is 0. The fraction of sp³-hybridized carbons (Fsp3) is 0.417. The van der Waals surface area contributed by atoms with E-state index in [1.165, 1.54) is 0 Å². The lowest BCUT2D eigenvalue weighted by molar-refractivity contribution is 0.0679.